The number of anilines is 2. The van der Waals surface area contributed by atoms with Crippen LogP contribution in [0.25, 0.3) is 0 Å². The van der Waals surface area contributed by atoms with Crippen molar-refractivity contribution in [3.05, 3.63) is 53.9 Å². The zero-order chi connectivity index (χ0) is 12.4. The van der Waals surface area contributed by atoms with Crippen LogP contribution in [0.2, 0.25) is 0 Å². The first-order valence-corrected chi connectivity index (χ1v) is 6.37. The van der Waals surface area contributed by atoms with Crippen molar-refractivity contribution >= 4 is 11.4 Å². The van der Waals surface area contributed by atoms with Gasteiger partial charge in [-0.15, -0.1) is 0 Å². The van der Waals surface area contributed by atoms with E-state index in [1.54, 1.807) is 0 Å². The molecule has 0 saturated heterocycles. The van der Waals surface area contributed by atoms with Gasteiger partial charge in [0.1, 0.15) is 0 Å². The summed E-state index contributed by atoms with van der Waals surface area (Å²) >= 11 is 0. The van der Waals surface area contributed by atoms with Crippen LogP contribution in [0.5, 0.6) is 0 Å². The van der Waals surface area contributed by atoms with Gasteiger partial charge in [-0.05, 0) is 36.6 Å². The van der Waals surface area contributed by atoms with E-state index in [9.17, 15) is 0 Å². The number of hydrogen-bond acceptors (Lipinski definition) is 3. The Morgan fingerprint density at radius 2 is 2.06 bits per heavy atom. The average molecular weight is 239 g/mol. The molecule has 1 aliphatic rings. The van der Waals surface area contributed by atoms with Crippen LogP contribution in [-0.2, 0) is 13.0 Å². The number of benzene rings is 1. The summed E-state index contributed by atoms with van der Waals surface area (Å²) in [6.07, 6.45) is 4.18. The first kappa shape index (κ1) is 11.1. The third-order valence-corrected chi connectivity index (χ3v) is 3.47. The lowest BCUT2D eigenvalue weighted by atomic mass is 10.0. The molecule has 0 atom stereocenters. The number of hydrogen-bond donors (Lipinski definition) is 1. The van der Waals surface area contributed by atoms with Gasteiger partial charge in [-0.1, -0.05) is 18.2 Å². The molecular weight excluding hydrogens is 222 g/mol. The zero-order valence-corrected chi connectivity index (χ0v) is 10.3. The van der Waals surface area contributed by atoms with Crippen LogP contribution in [0.1, 0.15) is 17.7 Å². The van der Waals surface area contributed by atoms with Crippen molar-refractivity contribution in [2.45, 2.75) is 19.4 Å². The standard InChI is InChI=1S/C15H17N3/c16-13-7-3-9-17-14(13)11-18-10-4-6-12-5-1-2-8-15(12)18/h1-3,5,7-9H,4,6,10-11,16H2. The van der Waals surface area contributed by atoms with Crippen LogP contribution in [0, 0.1) is 0 Å². The summed E-state index contributed by atoms with van der Waals surface area (Å²) in [6.45, 7) is 1.87. The summed E-state index contributed by atoms with van der Waals surface area (Å²) in [5.74, 6) is 0. The van der Waals surface area contributed by atoms with E-state index in [4.69, 9.17) is 5.73 Å². The molecule has 1 aromatic heterocycles. The van der Waals surface area contributed by atoms with Crippen molar-refractivity contribution in [1.29, 1.82) is 0 Å². The maximum Gasteiger partial charge on any atom is 0.0825 e. The van der Waals surface area contributed by atoms with Gasteiger partial charge >= 0.3 is 0 Å². The highest BCUT2D eigenvalue weighted by Crippen LogP contribution is 2.28. The third-order valence-electron chi connectivity index (χ3n) is 3.47. The fraction of sp³-hybridized carbons (Fsp3) is 0.267. The number of para-hydroxylation sites is 1. The molecule has 18 heavy (non-hydrogen) atoms. The van der Waals surface area contributed by atoms with E-state index in [2.05, 4.69) is 34.1 Å². The second-order valence-corrected chi connectivity index (χ2v) is 4.69. The van der Waals surface area contributed by atoms with E-state index in [1.165, 1.54) is 24.1 Å². The molecule has 2 heterocycles. The smallest absolute Gasteiger partial charge is 0.0825 e. The Kier molecular flexibility index (Phi) is 2.89. The molecule has 0 unspecified atom stereocenters. The normalized spacial score (nSPS) is 14.3. The molecule has 2 aromatic rings. The predicted molar refractivity (Wildman–Crippen MR) is 74.5 cm³/mol. The minimum absolute atomic E-state index is 0.778. The summed E-state index contributed by atoms with van der Waals surface area (Å²) < 4.78 is 0. The first-order chi connectivity index (χ1) is 8.84. The fourth-order valence-corrected chi connectivity index (χ4v) is 2.54. The highest BCUT2D eigenvalue weighted by atomic mass is 15.1. The second-order valence-electron chi connectivity index (χ2n) is 4.69. The largest absolute Gasteiger partial charge is 0.397 e. The SMILES string of the molecule is Nc1cccnc1CN1CCCc2ccccc21. The van der Waals surface area contributed by atoms with Crippen LogP contribution < -0.4 is 10.6 Å². The van der Waals surface area contributed by atoms with Crippen molar-refractivity contribution in [2.75, 3.05) is 17.2 Å². The minimum atomic E-state index is 0.778. The topological polar surface area (TPSA) is 42.1 Å². The summed E-state index contributed by atoms with van der Waals surface area (Å²) in [5.41, 5.74) is 10.5. The number of fused-ring (bicyclic) bond motifs is 1. The van der Waals surface area contributed by atoms with E-state index in [0.717, 1.165) is 24.5 Å². The Balaban J connectivity index is 1.89. The molecule has 0 amide bonds. The van der Waals surface area contributed by atoms with Gasteiger partial charge < -0.3 is 10.6 Å². The highest BCUT2D eigenvalue weighted by molar-refractivity contribution is 5.56. The first-order valence-electron chi connectivity index (χ1n) is 6.37. The van der Waals surface area contributed by atoms with Crippen LogP contribution >= 0.6 is 0 Å². The number of aromatic nitrogens is 1. The van der Waals surface area contributed by atoms with Crippen LogP contribution in [0.4, 0.5) is 11.4 Å². The van der Waals surface area contributed by atoms with Gasteiger partial charge in [0.05, 0.1) is 17.9 Å². The molecule has 0 aliphatic carbocycles. The van der Waals surface area contributed by atoms with E-state index in [0.29, 0.717) is 0 Å². The van der Waals surface area contributed by atoms with Crippen molar-refractivity contribution in [3.8, 4) is 0 Å². The van der Waals surface area contributed by atoms with Gasteiger partial charge in [0.15, 0.2) is 0 Å². The summed E-state index contributed by atoms with van der Waals surface area (Å²) in [7, 11) is 0. The lowest BCUT2D eigenvalue weighted by Gasteiger charge is -2.31. The number of nitrogens with zero attached hydrogens (tertiary/aromatic N) is 2. The molecule has 0 spiro atoms. The molecule has 1 aliphatic heterocycles. The van der Waals surface area contributed by atoms with E-state index in [1.807, 2.05) is 18.3 Å². The van der Waals surface area contributed by atoms with E-state index in [-0.39, 0.29) is 0 Å². The molecule has 3 nitrogen and oxygen atoms in total. The molecule has 3 heteroatoms. The van der Waals surface area contributed by atoms with Gasteiger partial charge in [0.2, 0.25) is 0 Å². The van der Waals surface area contributed by atoms with Gasteiger partial charge in [0, 0.05) is 18.4 Å². The molecule has 2 N–H and O–H groups in total. The van der Waals surface area contributed by atoms with Crippen molar-refractivity contribution in [2.24, 2.45) is 0 Å². The molecule has 0 radical (unpaired) electrons. The Morgan fingerprint density at radius 1 is 1.17 bits per heavy atom. The zero-order valence-electron chi connectivity index (χ0n) is 10.3. The summed E-state index contributed by atoms with van der Waals surface area (Å²) in [5, 5.41) is 0. The van der Waals surface area contributed by atoms with Gasteiger partial charge in [0.25, 0.3) is 0 Å². The molecule has 3 rings (SSSR count). The van der Waals surface area contributed by atoms with Crippen molar-refractivity contribution in [3.63, 3.8) is 0 Å². The lowest BCUT2D eigenvalue weighted by Crippen LogP contribution is -2.29. The Bertz CT molecular complexity index is 551. The second kappa shape index (κ2) is 4.69. The Labute approximate surface area is 107 Å². The highest BCUT2D eigenvalue weighted by Gasteiger charge is 2.17. The summed E-state index contributed by atoms with van der Waals surface area (Å²) in [4.78, 5) is 6.75. The molecule has 0 bridgehead atoms. The van der Waals surface area contributed by atoms with Gasteiger partial charge in [-0.2, -0.15) is 0 Å². The fourth-order valence-electron chi connectivity index (χ4n) is 2.54. The number of nitrogen functional groups attached to an aromatic ring is 1. The Hall–Kier alpha value is -2.03. The van der Waals surface area contributed by atoms with E-state index < -0.39 is 0 Å². The Morgan fingerprint density at radius 3 is 2.94 bits per heavy atom. The molecule has 0 saturated carbocycles. The number of aryl methyl sites for hydroxylation is 1. The van der Waals surface area contributed by atoms with Crippen LogP contribution in [0.15, 0.2) is 42.6 Å². The number of pyridine rings is 1. The molecule has 92 valence electrons. The number of rotatable bonds is 2. The van der Waals surface area contributed by atoms with E-state index >= 15 is 0 Å². The quantitative estimate of drug-likeness (QED) is 0.876. The van der Waals surface area contributed by atoms with Crippen molar-refractivity contribution < 1.29 is 0 Å². The monoisotopic (exact) mass is 239 g/mol. The van der Waals surface area contributed by atoms with Gasteiger partial charge in [-0.3, -0.25) is 4.98 Å². The lowest BCUT2D eigenvalue weighted by molar-refractivity contribution is 0.685. The molecule has 0 fully saturated rings. The maximum absolute atomic E-state index is 5.97. The van der Waals surface area contributed by atoms with Crippen LogP contribution in [0.3, 0.4) is 0 Å². The van der Waals surface area contributed by atoms with Gasteiger partial charge in [-0.25, -0.2) is 0 Å². The molecule has 1 aromatic carbocycles. The van der Waals surface area contributed by atoms with Crippen LogP contribution in [-0.4, -0.2) is 11.5 Å². The summed E-state index contributed by atoms with van der Waals surface area (Å²) in [6, 6.07) is 12.4. The van der Waals surface area contributed by atoms with Crippen molar-refractivity contribution in [1.82, 2.24) is 4.98 Å². The maximum atomic E-state index is 5.97. The average Bonchev–Trinajstić information content (AvgIpc) is 2.42. The third kappa shape index (κ3) is 2.04. The minimum Gasteiger partial charge on any atom is -0.397 e. The predicted octanol–water partition coefficient (Wildman–Crippen LogP) is 2.62. The molecular formula is C15H17N3. The number of nitrogens with two attached hydrogens (primary N) is 1.